The van der Waals surface area contributed by atoms with Gasteiger partial charge in [-0.3, -0.25) is 14.9 Å². The van der Waals surface area contributed by atoms with Gasteiger partial charge in [0, 0.05) is 43.5 Å². The summed E-state index contributed by atoms with van der Waals surface area (Å²) in [4.78, 5) is 26.3. The third-order valence-corrected chi connectivity index (χ3v) is 8.37. The number of benzene rings is 2. The quantitative estimate of drug-likeness (QED) is 0.482. The van der Waals surface area contributed by atoms with Crippen LogP contribution in [-0.2, 0) is 10.0 Å². The predicted octanol–water partition coefficient (Wildman–Crippen LogP) is 4.26. The highest BCUT2D eigenvalue weighted by Gasteiger charge is 2.27. The van der Waals surface area contributed by atoms with Crippen LogP contribution in [0.3, 0.4) is 0 Å². The molecule has 1 amide bonds. The molecule has 2 aromatic rings. The minimum absolute atomic E-state index is 0.108. The number of carbonyl (C=O) groups excluding carboxylic acids is 1. The van der Waals surface area contributed by atoms with Crippen molar-refractivity contribution in [2.24, 2.45) is 5.92 Å². The van der Waals surface area contributed by atoms with E-state index in [1.165, 1.54) is 22.5 Å². The van der Waals surface area contributed by atoms with Crippen molar-refractivity contribution in [3.05, 3.63) is 58.1 Å². The molecule has 2 heterocycles. The SMILES string of the molecule is C[C@H]1CCCN(c2ccc(C(=O)Nc3cccc(S(=O)(=O)N4CCCCC4)c3)cc2[N+](=O)[O-])C1. The molecule has 10 heteroatoms. The number of nitrogens with one attached hydrogen (secondary N) is 1. The first-order valence-corrected chi connectivity index (χ1v) is 13.1. The molecule has 1 atom stereocenters. The maximum absolute atomic E-state index is 13.0. The Kier molecular flexibility index (Phi) is 7.18. The number of nitro benzene ring substituents is 1. The molecular formula is C24H30N4O5S. The summed E-state index contributed by atoms with van der Waals surface area (Å²) in [5.41, 5.74) is 0.871. The number of nitrogens with zero attached hydrogens (tertiary/aromatic N) is 3. The summed E-state index contributed by atoms with van der Waals surface area (Å²) in [5, 5.41) is 14.4. The summed E-state index contributed by atoms with van der Waals surface area (Å²) in [6, 6.07) is 10.6. The van der Waals surface area contributed by atoms with Crippen molar-refractivity contribution in [2.45, 2.75) is 43.9 Å². The van der Waals surface area contributed by atoms with E-state index in [9.17, 15) is 23.3 Å². The van der Waals surface area contributed by atoms with E-state index in [1.807, 2.05) is 4.90 Å². The first-order valence-electron chi connectivity index (χ1n) is 11.7. The fraction of sp³-hybridized carbons (Fsp3) is 0.458. The van der Waals surface area contributed by atoms with E-state index >= 15 is 0 Å². The Morgan fingerprint density at radius 1 is 1.06 bits per heavy atom. The van der Waals surface area contributed by atoms with Gasteiger partial charge in [-0.15, -0.1) is 0 Å². The average Bonchev–Trinajstić information content (AvgIpc) is 2.84. The highest BCUT2D eigenvalue weighted by molar-refractivity contribution is 7.89. The third-order valence-electron chi connectivity index (χ3n) is 6.48. The molecule has 182 valence electrons. The Morgan fingerprint density at radius 2 is 1.82 bits per heavy atom. The minimum Gasteiger partial charge on any atom is -0.366 e. The van der Waals surface area contributed by atoms with Crippen LogP contribution in [0.5, 0.6) is 0 Å². The molecular weight excluding hydrogens is 456 g/mol. The van der Waals surface area contributed by atoms with Gasteiger partial charge in [0.15, 0.2) is 0 Å². The number of piperidine rings is 2. The molecule has 0 aromatic heterocycles. The van der Waals surface area contributed by atoms with Crippen molar-refractivity contribution >= 4 is 33.0 Å². The molecule has 1 N–H and O–H groups in total. The van der Waals surface area contributed by atoms with Gasteiger partial charge in [-0.2, -0.15) is 4.31 Å². The number of anilines is 2. The van der Waals surface area contributed by atoms with Crippen molar-refractivity contribution in [2.75, 3.05) is 36.4 Å². The first-order chi connectivity index (χ1) is 16.3. The van der Waals surface area contributed by atoms with E-state index < -0.39 is 20.9 Å². The van der Waals surface area contributed by atoms with Crippen LogP contribution >= 0.6 is 0 Å². The van der Waals surface area contributed by atoms with Crippen LogP contribution in [0.15, 0.2) is 47.4 Å². The van der Waals surface area contributed by atoms with Crippen molar-refractivity contribution in [3.8, 4) is 0 Å². The molecule has 4 rings (SSSR count). The molecule has 2 aromatic carbocycles. The molecule has 34 heavy (non-hydrogen) atoms. The van der Waals surface area contributed by atoms with E-state index in [-0.39, 0.29) is 16.1 Å². The Hall–Kier alpha value is -2.98. The molecule has 0 bridgehead atoms. The molecule has 2 aliphatic heterocycles. The number of hydrogen-bond acceptors (Lipinski definition) is 6. The number of amides is 1. The van der Waals surface area contributed by atoms with Gasteiger partial charge in [0.25, 0.3) is 11.6 Å². The second kappa shape index (κ2) is 10.1. The van der Waals surface area contributed by atoms with Crippen LogP contribution in [0, 0.1) is 16.0 Å². The van der Waals surface area contributed by atoms with Crippen LogP contribution in [-0.4, -0.2) is 49.7 Å². The van der Waals surface area contributed by atoms with Crippen molar-refractivity contribution in [1.29, 1.82) is 0 Å². The summed E-state index contributed by atoms with van der Waals surface area (Å²) in [6.07, 6.45) is 4.75. The zero-order valence-electron chi connectivity index (χ0n) is 19.3. The van der Waals surface area contributed by atoms with E-state index in [0.717, 1.165) is 45.2 Å². The largest absolute Gasteiger partial charge is 0.366 e. The molecule has 2 saturated heterocycles. The zero-order valence-corrected chi connectivity index (χ0v) is 20.1. The Morgan fingerprint density at radius 3 is 2.53 bits per heavy atom. The second-order valence-corrected chi connectivity index (χ2v) is 11.0. The van der Waals surface area contributed by atoms with Crippen LogP contribution in [0.1, 0.15) is 49.4 Å². The van der Waals surface area contributed by atoms with Crippen molar-refractivity contribution in [3.63, 3.8) is 0 Å². The van der Waals surface area contributed by atoms with Gasteiger partial charge in [-0.1, -0.05) is 19.4 Å². The maximum Gasteiger partial charge on any atom is 0.293 e. The summed E-state index contributed by atoms with van der Waals surface area (Å²) < 4.78 is 27.4. The van der Waals surface area contributed by atoms with Gasteiger partial charge < -0.3 is 10.2 Å². The lowest BCUT2D eigenvalue weighted by Crippen LogP contribution is -2.35. The number of sulfonamides is 1. The lowest BCUT2D eigenvalue weighted by Gasteiger charge is -2.32. The number of nitro groups is 1. The van der Waals surface area contributed by atoms with Gasteiger partial charge in [-0.25, -0.2) is 8.42 Å². The van der Waals surface area contributed by atoms with Crippen molar-refractivity contribution in [1.82, 2.24) is 4.31 Å². The monoisotopic (exact) mass is 486 g/mol. The molecule has 9 nitrogen and oxygen atoms in total. The average molecular weight is 487 g/mol. The molecule has 0 radical (unpaired) electrons. The Labute approximate surface area is 200 Å². The lowest BCUT2D eigenvalue weighted by molar-refractivity contribution is -0.384. The Bertz CT molecular complexity index is 1180. The van der Waals surface area contributed by atoms with Crippen LogP contribution < -0.4 is 10.2 Å². The molecule has 2 aliphatic rings. The number of carbonyl (C=O) groups is 1. The van der Waals surface area contributed by atoms with E-state index in [2.05, 4.69) is 12.2 Å². The molecule has 0 spiro atoms. The standard InChI is InChI=1S/C24H30N4O5S/c1-18-7-6-12-26(17-18)22-11-10-19(15-23(22)28(30)31)24(29)25-20-8-5-9-21(16-20)34(32,33)27-13-3-2-4-14-27/h5,8-11,15-16,18H,2-4,6-7,12-14,17H2,1H3,(H,25,29)/t18-/m0/s1. The minimum atomic E-state index is -3.64. The van der Waals surface area contributed by atoms with Crippen molar-refractivity contribution < 1.29 is 18.1 Å². The Balaban J connectivity index is 1.54. The van der Waals surface area contributed by atoms with Gasteiger partial charge in [0.05, 0.1) is 9.82 Å². The normalized spacial score (nSPS) is 19.6. The van der Waals surface area contributed by atoms with E-state index in [4.69, 9.17) is 0 Å². The smallest absolute Gasteiger partial charge is 0.293 e. The summed E-state index contributed by atoms with van der Waals surface area (Å²) in [7, 11) is -3.64. The van der Waals surface area contributed by atoms with E-state index in [1.54, 1.807) is 24.3 Å². The fourth-order valence-electron chi connectivity index (χ4n) is 4.68. The number of rotatable bonds is 6. The first kappa shape index (κ1) is 24.2. The summed E-state index contributed by atoms with van der Waals surface area (Å²) >= 11 is 0. The number of hydrogen-bond donors (Lipinski definition) is 1. The van der Waals surface area contributed by atoms with E-state index in [0.29, 0.717) is 30.4 Å². The molecule has 0 saturated carbocycles. The topological polar surface area (TPSA) is 113 Å². The molecule has 0 unspecified atom stereocenters. The van der Waals surface area contributed by atoms with Gasteiger partial charge in [0.2, 0.25) is 10.0 Å². The highest BCUT2D eigenvalue weighted by atomic mass is 32.2. The fourth-order valence-corrected chi connectivity index (χ4v) is 6.24. The molecule has 2 fully saturated rings. The highest BCUT2D eigenvalue weighted by Crippen LogP contribution is 2.33. The lowest BCUT2D eigenvalue weighted by atomic mass is 9.99. The third kappa shape index (κ3) is 5.23. The van der Waals surface area contributed by atoms with Crippen LogP contribution in [0.2, 0.25) is 0 Å². The van der Waals surface area contributed by atoms with Crippen LogP contribution in [0.25, 0.3) is 0 Å². The van der Waals surface area contributed by atoms with Gasteiger partial charge in [0.1, 0.15) is 5.69 Å². The molecule has 0 aliphatic carbocycles. The zero-order chi connectivity index (χ0) is 24.3. The summed E-state index contributed by atoms with van der Waals surface area (Å²) in [5.74, 6) is -0.0843. The maximum atomic E-state index is 13.0. The van der Waals surface area contributed by atoms with Crippen LogP contribution in [0.4, 0.5) is 17.1 Å². The predicted molar refractivity (Wildman–Crippen MR) is 131 cm³/mol. The van der Waals surface area contributed by atoms with Gasteiger partial charge in [-0.05, 0) is 61.9 Å². The second-order valence-electron chi connectivity index (χ2n) is 9.10. The summed E-state index contributed by atoms with van der Waals surface area (Å²) in [6.45, 7) is 4.59. The van der Waals surface area contributed by atoms with Gasteiger partial charge >= 0.3 is 0 Å².